The highest BCUT2D eigenvalue weighted by atomic mass is 19.1. The summed E-state index contributed by atoms with van der Waals surface area (Å²) in [6.07, 6.45) is 1.96. The topological polar surface area (TPSA) is 12.0 Å². The van der Waals surface area contributed by atoms with E-state index in [0.29, 0.717) is 0 Å². The van der Waals surface area contributed by atoms with Gasteiger partial charge in [-0.1, -0.05) is 26.0 Å². The smallest absolute Gasteiger partial charge is 0.125 e. The summed E-state index contributed by atoms with van der Waals surface area (Å²) in [4.78, 5) is 0. The number of halogens is 1. The summed E-state index contributed by atoms with van der Waals surface area (Å²) >= 11 is 0. The fraction of sp³-hybridized carbons (Fsp3) is 0.273. The molecule has 0 aromatic heterocycles. The molecule has 0 aliphatic rings. The lowest BCUT2D eigenvalue weighted by atomic mass is 10.2. The number of benzene rings is 1. The van der Waals surface area contributed by atoms with Gasteiger partial charge in [-0.3, -0.25) is 0 Å². The maximum Gasteiger partial charge on any atom is 0.125 e. The zero-order valence-electron chi connectivity index (χ0n) is 7.81. The minimum absolute atomic E-state index is 0.228. The van der Waals surface area contributed by atoms with Crippen molar-refractivity contribution in [3.05, 3.63) is 42.4 Å². The van der Waals surface area contributed by atoms with Crippen LogP contribution in [0.3, 0.4) is 0 Å². The van der Waals surface area contributed by atoms with Crippen molar-refractivity contribution in [3.63, 3.8) is 0 Å². The molecule has 0 bridgehead atoms. The summed E-state index contributed by atoms with van der Waals surface area (Å²) in [7, 11) is 0. The molecule has 0 unspecified atom stereocenters. The molecule has 0 heterocycles. The Hall–Kier alpha value is -1.31. The van der Waals surface area contributed by atoms with Crippen molar-refractivity contribution >= 4 is 5.69 Å². The Kier molecular flexibility index (Phi) is 3.50. The maximum atomic E-state index is 12.7. The van der Waals surface area contributed by atoms with E-state index < -0.39 is 0 Å². The maximum absolute atomic E-state index is 12.7. The average Bonchev–Trinajstić information content (AvgIpc) is 2.04. The Labute approximate surface area is 78.3 Å². The highest BCUT2D eigenvalue weighted by Crippen LogP contribution is 2.13. The third-order valence-electron chi connectivity index (χ3n) is 1.70. The monoisotopic (exact) mass is 179 g/mol. The molecule has 70 valence electrons. The molecule has 0 spiro atoms. The lowest BCUT2D eigenvalue weighted by Crippen LogP contribution is -1.97. The first-order chi connectivity index (χ1) is 6.22. The summed E-state index contributed by atoms with van der Waals surface area (Å²) in [6, 6.07) is 6.38. The van der Waals surface area contributed by atoms with Crippen molar-refractivity contribution in [1.29, 1.82) is 0 Å². The van der Waals surface area contributed by atoms with Crippen molar-refractivity contribution in [2.45, 2.75) is 19.8 Å². The van der Waals surface area contributed by atoms with Gasteiger partial charge >= 0.3 is 0 Å². The van der Waals surface area contributed by atoms with Crippen LogP contribution in [0.1, 0.15) is 19.8 Å². The van der Waals surface area contributed by atoms with Crippen LogP contribution in [-0.2, 0) is 0 Å². The van der Waals surface area contributed by atoms with Crippen molar-refractivity contribution in [3.8, 4) is 0 Å². The van der Waals surface area contributed by atoms with Gasteiger partial charge in [0.1, 0.15) is 5.82 Å². The predicted octanol–water partition coefficient (Wildman–Crippen LogP) is 3.55. The van der Waals surface area contributed by atoms with Gasteiger partial charge in [0.05, 0.1) is 0 Å². The van der Waals surface area contributed by atoms with Crippen LogP contribution in [-0.4, -0.2) is 0 Å². The molecule has 2 heteroatoms. The largest absolute Gasteiger partial charge is 0.359 e. The highest BCUT2D eigenvalue weighted by Gasteiger charge is 1.95. The molecule has 13 heavy (non-hydrogen) atoms. The second-order valence-corrected chi connectivity index (χ2v) is 2.99. The number of anilines is 1. The van der Waals surface area contributed by atoms with Crippen LogP contribution in [0, 0.1) is 5.82 Å². The van der Waals surface area contributed by atoms with Gasteiger partial charge in [-0.2, -0.15) is 0 Å². The van der Waals surface area contributed by atoms with Gasteiger partial charge in [-0.25, -0.2) is 4.39 Å². The molecular weight excluding hydrogens is 165 g/mol. The molecule has 1 aromatic carbocycles. The Morgan fingerprint density at radius 2 is 2.31 bits per heavy atom. The quantitative estimate of drug-likeness (QED) is 0.745. The number of hydrogen-bond donors (Lipinski definition) is 1. The van der Waals surface area contributed by atoms with Crippen LogP contribution in [0.5, 0.6) is 0 Å². The lowest BCUT2D eigenvalue weighted by molar-refractivity contribution is 0.628. The minimum Gasteiger partial charge on any atom is -0.359 e. The standard InChI is InChI=1S/C11H14FN/c1-3-5-9(2)13-11-7-4-6-10(12)8-11/h4,6-8,13H,2-3,5H2,1H3. The number of allylic oxidation sites excluding steroid dienone is 1. The van der Waals surface area contributed by atoms with Crippen molar-refractivity contribution in [2.24, 2.45) is 0 Å². The van der Waals surface area contributed by atoms with Gasteiger partial charge in [-0.05, 0) is 24.6 Å². The van der Waals surface area contributed by atoms with E-state index in [9.17, 15) is 4.39 Å². The van der Waals surface area contributed by atoms with Crippen molar-refractivity contribution in [2.75, 3.05) is 5.32 Å². The van der Waals surface area contributed by atoms with E-state index in [1.165, 1.54) is 12.1 Å². The molecule has 0 fully saturated rings. The summed E-state index contributed by atoms with van der Waals surface area (Å²) in [6.45, 7) is 5.92. The Morgan fingerprint density at radius 1 is 1.54 bits per heavy atom. The summed E-state index contributed by atoms with van der Waals surface area (Å²) < 4.78 is 12.7. The molecule has 0 saturated heterocycles. The van der Waals surface area contributed by atoms with Crippen LogP contribution in [0.4, 0.5) is 10.1 Å². The first-order valence-corrected chi connectivity index (χ1v) is 4.42. The van der Waals surface area contributed by atoms with E-state index in [4.69, 9.17) is 0 Å². The van der Waals surface area contributed by atoms with Gasteiger partial charge in [0.25, 0.3) is 0 Å². The lowest BCUT2D eigenvalue weighted by Gasteiger charge is -2.07. The Morgan fingerprint density at radius 3 is 2.92 bits per heavy atom. The molecule has 0 atom stereocenters. The average molecular weight is 179 g/mol. The van der Waals surface area contributed by atoms with Crippen LogP contribution in [0.15, 0.2) is 36.5 Å². The number of hydrogen-bond acceptors (Lipinski definition) is 1. The molecule has 1 rings (SSSR count). The van der Waals surface area contributed by atoms with Crippen LogP contribution >= 0.6 is 0 Å². The summed E-state index contributed by atoms with van der Waals surface area (Å²) in [5, 5.41) is 3.05. The molecule has 0 radical (unpaired) electrons. The molecule has 1 nitrogen and oxygen atoms in total. The Balaban J connectivity index is 2.58. The second kappa shape index (κ2) is 4.65. The van der Waals surface area contributed by atoms with E-state index in [1.807, 2.05) is 6.07 Å². The van der Waals surface area contributed by atoms with Crippen LogP contribution in [0.2, 0.25) is 0 Å². The fourth-order valence-electron chi connectivity index (χ4n) is 1.13. The minimum atomic E-state index is -0.228. The molecule has 0 aliphatic carbocycles. The fourth-order valence-corrected chi connectivity index (χ4v) is 1.13. The van der Waals surface area contributed by atoms with Gasteiger partial charge in [0.2, 0.25) is 0 Å². The third kappa shape index (κ3) is 3.28. The first-order valence-electron chi connectivity index (χ1n) is 4.42. The van der Waals surface area contributed by atoms with Gasteiger partial charge < -0.3 is 5.32 Å². The molecule has 0 amide bonds. The highest BCUT2D eigenvalue weighted by molar-refractivity contribution is 5.47. The number of nitrogens with one attached hydrogen (secondary N) is 1. The van der Waals surface area contributed by atoms with Crippen molar-refractivity contribution in [1.82, 2.24) is 0 Å². The SMILES string of the molecule is C=C(CCC)Nc1cccc(F)c1. The number of rotatable bonds is 4. The summed E-state index contributed by atoms with van der Waals surface area (Å²) in [5.41, 5.74) is 1.69. The normalized spacial score (nSPS) is 9.69. The first kappa shape index (κ1) is 9.78. The van der Waals surface area contributed by atoms with E-state index in [2.05, 4.69) is 18.8 Å². The Bertz CT molecular complexity index is 294. The zero-order chi connectivity index (χ0) is 9.68. The molecular formula is C11H14FN. The van der Waals surface area contributed by atoms with Gasteiger partial charge in [0, 0.05) is 11.4 Å². The molecule has 0 aliphatic heterocycles. The van der Waals surface area contributed by atoms with Crippen LogP contribution < -0.4 is 5.32 Å². The third-order valence-corrected chi connectivity index (χ3v) is 1.70. The van der Waals surface area contributed by atoms with E-state index >= 15 is 0 Å². The molecule has 1 N–H and O–H groups in total. The second-order valence-electron chi connectivity index (χ2n) is 2.99. The summed E-state index contributed by atoms with van der Waals surface area (Å²) in [5.74, 6) is -0.228. The molecule has 0 saturated carbocycles. The van der Waals surface area contributed by atoms with Gasteiger partial charge in [0.15, 0.2) is 0 Å². The van der Waals surface area contributed by atoms with E-state index in [0.717, 1.165) is 24.2 Å². The molecule has 1 aromatic rings. The van der Waals surface area contributed by atoms with Gasteiger partial charge in [-0.15, -0.1) is 0 Å². The van der Waals surface area contributed by atoms with Crippen LogP contribution in [0.25, 0.3) is 0 Å². The predicted molar refractivity (Wildman–Crippen MR) is 54.1 cm³/mol. The van der Waals surface area contributed by atoms with Crippen molar-refractivity contribution < 1.29 is 4.39 Å². The van der Waals surface area contributed by atoms with E-state index in [-0.39, 0.29) is 5.82 Å². The zero-order valence-corrected chi connectivity index (χ0v) is 7.81. The van der Waals surface area contributed by atoms with E-state index in [1.54, 1.807) is 6.07 Å².